The van der Waals surface area contributed by atoms with Gasteiger partial charge in [-0.1, -0.05) is 32.8 Å². The molecule has 1 aliphatic heterocycles. The first-order valence-corrected chi connectivity index (χ1v) is 10.0. The van der Waals surface area contributed by atoms with Gasteiger partial charge >= 0.3 is 5.97 Å². The normalized spacial score (nSPS) is 13.2. The number of ether oxygens (including phenoxy) is 4. The Hall–Kier alpha value is -2.73. The summed E-state index contributed by atoms with van der Waals surface area (Å²) in [5.74, 6) is 1.43. The van der Waals surface area contributed by atoms with E-state index in [0.29, 0.717) is 22.8 Å². The summed E-state index contributed by atoms with van der Waals surface area (Å²) in [6.45, 7) is 4.30. The van der Waals surface area contributed by atoms with E-state index in [2.05, 4.69) is 13.8 Å². The highest BCUT2D eigenvalue weighted by Gasteiger charge is 2.28. The number of esters is 1. The van der Waals surface area contributed by atoms with Crippen molar-refractivity contribution in [1.29, 1.82) is 0 Å². The Morgan fingerprint density at radius 3 is 2.31 bits per heavy atom. The second-order valence-electron chi connectivity index (χ2n) is 7.04. The van der Waals surface area contributed by atoms with Crippen LogP contribution in [0.15, 0.2) is 30.3 Å². The first-order chi connectivity index (χ1) is 14.1. The van der Waals surface area contributed by atoms with E-state index in [1.165, 1.54) is 7.11 Å². The second-order valence-corrected chi connectivity index (χ2v) is 7.04. The predicted octanol–water partition coefficient (Wildman–Crippen LogP) is 4.11. The number of rotatable bonds is 9. The van der Waals surface area contributed by atoms with E-state index in [1.807, 2.05) is 12.1 Å². The molecule has 1 N–H and O–H groups in total. The lowest BCUT2D eigenvalue weighted by Crippen LogP contribution is -2.21. The van der Waals surface area contributed by atoms with Crippen LogP contribution in [0.2, 0.25) is 0 Å². The molecule has 1 unspecified atom stereocenters. The summed E-state index contributed by atoms with van der Waals surface area (Å²) in [6.07, 6.45) is 2.48. The lowest BCUT2D eigenvalue weighted by Gasteiger charge is -2.23. The van der Waals surface area contributed by atoms with Crippen LogP contribution < -0.4 is 14.2 Å². The van der Waals surface area contributed by atoms with Crippen LogP contribution in [0, 0.1) is 0 Å². The maximum Gasteiger partial charge on any atom is 0.351 e. The van der Waals surface area contributed by atoms with Gasteiger partial charge < -0.3 is 24.1 Å². The molecule has 2 aromatic carbocycles. The Morgan fingerprint density at radius 1 is 1.07 bits per heavy atom. The first kappa shape index (κ1) is 21.0. The van der Waals surface area contributed by atoms with Gasteiger partial charge in [0.15, 0.2) is 11.5 Å². The van der Waals surface area contributed by atoms with E-state index in [0.717, 1.165) is 42.4 Å². The van der Waals surface area contributed by atoms with Crippen molar-refractivity contribution in [2.45, 2.75) is 52.2 Å². The van der Waals surface area contributed by atoms with Crippen molar-refractivity contribution in [3.05, 3.63) is 52.6 Å². The Labute approximate surface area is 171 Å². The fourth-order valence-electron chi connectivity index (χ4n) is 3.53. The highest BCUT2D eigenvalue weighted by Crippen LogP contribution is 2.37. The van der Waals surface area contributed by atoms with Gasteiger partial charge in [0.2, 0.25) is 12.9 Å². The van der Waals surface area contributed by atoms with Crippen LogP contribution in [0.25, 0.3) is 0 Å². The molecule has 0 aliphatic carbocycles. The maximum absolute atomic E-state index is 12.6. The zero-order chi connectivity index (χ0) is 20.8. The molecule has 1 heterocycles. The van der Waals surface area contributed by atoms with Crippen molar-refractivity contribution in [3.8, 4) is 17.2 Å². The molecule has 3 rings (SSSR count). The highest BCUT2D eigenvalue weighted by molar-refractivity contribution is 5.77. The second kappa shape index (κ2) is 9.65. The zero-order valence-corrected chi connectivity index (χ0v) is 17.2. The Morgan fingerprint density at radius 2 is 1.72 bits per heavy atom. The average molecular weight is 400 g/mol. The molecule has 0 spiro atoms. The van der Waals surface area contributed by atoms with Gasteiger partial charge in [-0.3, -0.25) is 0 Å². The molecule has 0 aromatic heterocycles. The summed E-state index contributed by atoms with van der Waals surface area (Å²) in [5, 5.41) is 9.65. The number of hydrogen-bond acceptors (Lipinski definition) is 6. The number of benzene rings is 2. The SMILES string of the molecule is CCCc1cc(CO)cc(CCC)c1OC(C(=O)OC)c1ccc2c(c1)OCO2. The first-order valence-electron chi connectivity index (χ1n) is 10.0. The largest absolute Gasteiger partial charge is 0.473 e. The van der Waals surface area contributed by atoms with Gasteiger partial charge in [-0.15, -0.1) is 0 Å². The van der Waals surface area contributed by atoms with Gasteiger partial charge in [-0.05, 0) is 53.8 Å². The molecule has 6 heteroatoms. The molecule has 0 fully saturated rings. The summed E-state index contributed by atoms with van der Waals surface area (Å²) < 4.78 is 22.2. The molecule has 1 atom stereocenters. The van der Waals surface area contributed by atoms with Gasteiger partial charge in [-0.2, -0.15) is 0 Å². The molecule has 2 aromatic rings. The molecule has 0 saturated heterocycles. The Kier molecular flexibility index (Phi) is 6.99. The number of fused-ring (bicyclic) bond motifs is 1. The van der Waals surface area contributed by atoms with E-state index < -0.39 is 12.1 Å². The zero-order valence-electron chi connectivity index (χ0n) is 17.2. The van der Waals surface area contributed by atoms with Crippen molar-refractivity contribution in [2.75, 3.05) is 13.9 Å². The monoisotopic (exact) mass is 400 g/mol. The minimum atomic E-state index is -0.930. The third-order valence-electron chi connectivity index (χ3n) is 4.87. The smallest absolute Gasteiger partial charge is 0.351 e. The molecular formula is C23H28O6. The minimum absolute atomic E-state index is 0.0314. The summed E-state index contributed by atoms with van der Waals surface area (Å²) in [4.78, 5) is 12.6. The van der Waals surface area contributed by atoms with Crippen LogP contribution in [0.4, 0.5) is 0 Å². The fraction of sp³-hybridized carbons (Fsp3) is 0.435. The quantitative estimate of drug-likeness (QED) is 0.639. The van der Waals surface area contributed by atoms with Crippen molar-refractivity contribution < 1.29 is 28.8 Å². The van der Waals surface area contributed by atoms with E-state index in [9.17, 15) is 9.90 Å². The fourth-order valence-corrected chi connectivity index (χ4v) is 3.53. The molecule has 1 aliphatic rings. The van der Waals surface area contributed by atoms with Crippen molar-refractivity contribution in [2.24, 2.45) is 0 Å². The summed E-state index contributed by atoms with van der Waals surface area (Å²) in [5.41, 5.74) is 3.45. The molecular weight excluding hydrogens is 372 g/mol. The number of aliphatic hydroxyl groups excluding tert-OH is 1. The summed E-state index contributed by atoms with van der Waals surface area (Å²) >= 11 is 0. The third-order valence-corrected chi connectivity index (χ3v) is 4.87. The van der Waals surface area contributed by atoms with Crippen LogP contribution in [0.5, 0.6) is 17.2 Å². The standard InChI is InChI=1S/C23H28O6/c1-4-6-16-10-15(13-24)11-17(7-5-2)21(16)29-22(23(25)26-3)18-8-9-19-20(12-18)28-14-27-19/h8-12,22,24H,4-7,13-14H2,1-3H3. The highest BCUT2D eigenvalue weighted by atomic mass is 16.7. The van der Waals surface area contributed by atoms with Gasteiger partial charge in [0, 0.05) is 5.56 Å². The number of carbonyl (C=O) groups is 1. The Balaban J connectivity index is 2.04. The number of hydrogen-bond donors (Lipinski definition) is 1. The Bertz CT molecular complexity index is 833. The van der Waals surface area contributed by atoms with E-state index in [1.54, 1.807) is 18.2 Å². The molecule has 156 valence electrons. The number of aryl methyl sites for hydroxylation is 2. The number of carbonyl (C=O) groups excluding carboxylic acids is 1. The topological polar surface area (TPSA) is 74.2 Å². The van der Waals surface area contributed by atoms with Crippen LogP contribution in [-0.2, 0) is 29.0 Å². The van der Waals surface area contributed by atoms with E-state index in [-0.39, 0.29) is 13.4 Å². The molecule has 0 bridgehead atoms. The maximum atomic E-state index is 12.6. The van der Waals surface area contributed by atoms with E-state index >= 15 is 0 Å². The predicted molar refractivity (Wildman–Crippen MR) is 108 cm³/mol. The minimum Gasteiger partial charge on any atom is -0.473 e. The van der Waals surface area contributed by atoms with Crippen LogP contribution >= 0.6 is 0 Å². The van der Waals surface area contributed by atoms with Crippen LogP contribution in [-0.4, -0.2) is 25.0 Å². The van der Waals surface area contributed by atoms with Crippen LogP contribution in [0.1, 0.15) is 55.0 Å². The molecule has 0 amide bonds. The molecule has 29 heavy (non-hydrogen) atoms. The van der Waals surface area contributed by atoms with Gasteiger partial charge in [0.1, 0.15) is 5.75 Å². The molecule has 0 saturated carbocycles. The van der Waals surface area contributed by atoms with E-state index in [4.69, 9.17) is 18.9 Å². The van der Waals surface area contributed by atoms with Crippen molar-refractivity contribution >= 4 is 5.97 Å². The van der Waals surface area contributed by atoms with Crippen LogP contribution in [0.3, 0.4) is 0 Å². The summed E-state index contributed by atoms with van der Waals surface area (Å²) in [6, 6.07) is 9.21. The third kappa shape index (κ3) is 4.65. The van der Waals surface area contributed by atoms with Gasteiger partial charge in [0.25, 0.3) is 0 Å². The number of methoxy groups -OCH3 is 1. The lowest BCUT2D eigenvalue weighted by molar-refractivity contribution is -0.149. The number of aliphatic hydroxyl groups is 1. The van der Waals surface area contributed by atoms with Crippen molar-refractivity contribution in [3.63, 3.8) is 0 Å². The average Bonchev–Trinajstić information content (AvgIpc) is 3.20. The van der Waals surface area contributed by atoms with Gasteiger partial charge in [-0.25, -0.2) is 4.79 Å². The molecule has 6 nitrogen and oxygen atoms in total. The molecule has 0 radical (unpaired) electrons. The lowest BCUT2D eigenvalue weighted by atomic mass is 9.98. The summed E-state index contributed by atoms with van der Waals surface area (Å²) in [7, 11) is 1.35. The van der Waals surface area contributed by atoms with Crippen molar-refractivity contribution in [1.82, 2.24) is 0 Å². The van der Waals surface area contributed by atoms with Gasteiger partial charge in [0.05, 0.1) is 13.7 Å².